The normalized spacial score (nSPS) is 14.3. The van der Waals surface area contributed by atoms with Gasteiger partial charge in [0.2, 0.25) is 0 Å². The molecule has 140 valence electrons. The van der Waals surface area contributed by atoms with Crippen molar-refractivity contribution in [1.29, 1.82) is 0 Å². The lowest BCUT2D eigenvalue weighted by Crippen LogP contribution is -2.48. The van der Waals surface area contributed by atoms with E-state index < -0.39 is 17.9 Å². The van der Waals surface area contributed by atoms with Gasteiger partial charge in [-0.25, -0.2) is 0 Å². The summed E-state index contributed by atoms with van der Waals surface area (Å²) in [6.07, 6.45) is 0. The number of rotatable bonds is 6. The lowest BCUT2D eigenvalue weighted by molar-refractivity contribution is 0.0495. The molecule has 1 unspecified atom stereocenters. The van der Waals surface area contributed by atoms with E-state index in [4.69, 9.17) is 9.47 Å². The SMILES string of the molecule is COc1ccc(C(=O)C(C(C)C)N2C(=O)c3ccccc3C2=O)cc1OC. The van der Waals surface area contributed by atoms with Gasteiger partial charge < -0.3 is 9.47 Å². The van der Waals surface area contributed by atoms with Crippen molar-refractivity contribution in [2.24, 2.45) is 5.92 Å². The molecule has 1 atom stereocenters. The van der Waals surface area contributed by atoms with Crippen LogP contribution in [0.25, 0.3) is 0 Å². The third kappa shape index (κ3) is 3.07. The number of nitrogens with zero attached hydrogens (tertiary/aromatic N) is 1. The Balaban J connectivity index is 2.01. The number of hydrogen-bond acceptors (Lipinski definition) is 5. The van der Waals surface area contributed by atoms with Crippen LogP contribution in [0.2, 0.25) is 0 Å². The highest BCUT2D eigenvalue weighted by atomic mass is 16.5. The van der Waals surface area contributed by atoms with Crippen LogP contribution in [0.4, 0.5) is 0 Å². The van der Waals surface area contributed by atoms with Gasteiger partial charge in [-0.2, -0.15) is 0 Å². The summed E-state index contributed by atoms with van der Waals surface area (Å²) in [7, 11) is 2.99. The Morgan fingerprint density at radius 3 is 1.93 bits per heavy atom. The van der Waals surface area contributed by atoms with Crippen molar-refractivity contribution in [3.05, 3.63) is 59.2 Å². The molecule has 0 saturated carbocycles. The largest absolute Gasteiger partial charge is 0.493 e. The lowest BCUT2D eigenvalue weighted by atomic mass is 9.93. The average Bonchev–Trinajstić information content (AvgIpc) is 2.92. The Hall–Kier alpha value is -3.15. The van der Waals surface area contributed by atoms with Crippen molar-refractivity contribution < 1.29 is 23.9 Å². The summed E-state index contributed by atoms with van der Waals surface area (Å²) in [4.78, 5) is 40.0. The van der Waals surface area contributed by atoms with Gasteiger partial charge in [-0.05, 0) is 36.2 Å². The van der Waals surface area contributed by atoms with Crippen LogP contribution in [0.1, 0.15) is 44.9 Å². The first-order valence-corrected chi connectivity index (χ1v) is 8.63. The van der Waals surface area contributed by atoms with Crippen LogP contribution in [0.3, 0.4) is 0 Å². The van der Waals surface area contributed by atoms with E-state index in [1.165, 1.54) is 14.2 Å². The van der Waals surface area contributed by atoms with Crippen molar-refractivity contribution in [1.82, 2.24) is 4.90 Å². The number of carbonyl (C=O) groups is 3. The first kappa shape index (κ1) is 18.6. The first-order valence-electron chi connectivity index (χ1n) is 8.63. The average molecular weight is 367 g/mol. The molecule has 1 aliphatic heterocycles. The summed E-state index contributed by atoms with van der Waals surface area (Å²) < 4.78 is 10.5. The molecule has 0 N–H and O–H groups in total. The molecule has 0 saturated heterocycles. The Bertz CT molecular complexity index is 884. The molecule has 0 bridgehead atoms. The predicted octanol–water partition coefficient (Wildman–Crippen LogP) is 3.21. The molecule has 2 amide bonds. The zero-order valence-electron chi connectivity index (χ0n) is 15.7. The molecule has 2 aromatic rings. The Kier molecular flexibility index (Phi) is 4.99. The van der Waals surface area contributed by atoms with Crippen LogP contribution in [0, 0.1) is 5.92 Å². The van der Waals surface area contributed by atoms with Crippen molar-refractivity contribution in [3.8, 4) is 11.5 Å². The zero-order valence-corrected chi connectivity index (χ0v) is 15.7. The van der Waals surface area contributed by atoms with Crippen molar-refractivity contribution in [2.75, 3.05) is 14.2 Å². The summed E-state index contributed by atoms with van der Waals surface area (Å²) in [5.41, 5.74) is 1.00. The third-order valence-electron chi connectivity index (χ3n) is 4.67. The molecular formula is C21H21NO5. The molecule has 1 heterocycles. The maximum atomic E-state index is 13.2. The molecule has 2 aromatic carbocycles. The van der Waals surface area contributed by atoms with Crippen LogP contribution < -0.4 is 9.47 Å². The quantitative estimate of drug-likeness (QED) is 0.579. The van der Waals surface area contributed by atoms with E-state index in [2.05, 4.69) is 0 Å². The van der Waals surface area contributed by atoms with Gasteiger partial charge >= 0.3 is 0 Å². The van der Waals surface area contributed by atoms with E-state index in [-0.39, 0.29) is 11.7 Å². The summed E-state index contributed by atoms with van der Waals surface area (Å²) in [6, 6.07) is 10.5. The second-order valence-corrected chi connectivity index (χ2v) is 6.65. The Labute approximate surface area is 157 Å². The van der Waals surface area contributed by atoms with Crippen molar-refractivity contribution in [2.45, 2.75) is 19.9 Å². The topological polar surface area (TPSA) is 72.9 Å². The smallest absolute Gasteiger partial charge is 0.262 e. The van der Waals surface area contributed by atoms with E-state index in [0.29, 0.717) is 28.2 Å². The molecule has 6 nitrogen and oxygen atoms in total. The number of ether oxygens (including phenoxy) is 2. The van der Waals surface area contributed by atoms with Gasteiger partial charge in [0.25, 0.3) is 11.8 Å². The summed E-state index contributed by atoms with van der Waals surface area (Å²) in [5, 5.41) is 0. The summed E-state index contributed by atoms with van der Waals surface area (Å²) in [5.74, 6) is -0.552. The van der Waals surface area contributed by atoms with Gasteiger partial charge in [-0.1, -0.05) is 26.0 Å². The Morgan fingerprint density at radius 1 is 0.889 bits per heavy atom. The van der Waals surface area contributed by atoms with Gasteiger partial charge in [-0.3, -0.25) is 19.3 Å². The fourth-order valence-electron chi connectivity index (χ4n) is 3.34. The molecular weight excluding hydrogens is 346 g/mol. The molecule has 3 rings (SSSR count). The maximum Gasteiger partial charge on any atom is 0.262 e. The van der Waals surface area contributed by atoms with E-state index in [0.717, 1.165) is 4.90 Å². The van der Waals surface area contributed by atoms with Crippen LogP contribution in [0.15, 0.2) is 42.5 Å². The molecule has 1 aliphatic rings. The number of carbonyl (C=O) groups excluding carboxylic acids is 3. The number of Topliss-reactive ketones (excluding diaryl/α,β-unsaturated/α-hetero) is 1. The highest BCUT2D eigenvalue weighted by Crippen LogP contribution is 2.32. The molecule has 0 fully saturated rings. The number of imide groups is 1. The monoisotopic (exact) mass is 367 g/mol. The molecule has 0 aliphatic carbocycles. The summed E-state index contributed by atoms with van der Waals surface area (Å²) >= 11 is 0. The molecule has 27 heavy (non-hydrogen) atoms. The van der Waals surface area contributed by atoms with Crippen LogP contribution in [-0.2, 0) is 0 Å². The van der Waals surface area contributed by atoms with Gasteiger partial charge in [0.15, 0.2) is 17.3 Å². The van der Waals surface area contributed by atoms with E-state index >= 15 is 0 Å². The van der Waals surface area contributed by atoms with E-state index in [9.17, 15) is 14.4 Å². The molecule has 0 spiro atoms. The van der Waals surface area contributed by atoms with Crippen molar-refractivity contribution in [3.63, 3.8) is 0 Å². The predicted molar refractivity (Wildman–Crippen MR) is 99.4 cm³/mol. The number of ketones is 1. The second-order valence-electron chi connectivity index (χ2n) is 6.65. The van der Waals surface area contributed by atoms with Crippen LogP contribution >= 0.6 is 0 Å². The minimum atomic E-state index is -0.907. The van der Waals surface area contributed by atoms with Crippen LogP contribution in [-0.4, -0.2) is 42.8 Å². The van der Waals surface area contributed by atoms with Gasteiger partial charge in [0.1, 0.15) is 6.04 Å². The standard InChI is InChI=1S/C21H21NO5/c1-12(2)18(19(23)13-9-10-16(26-3)17(11-13)27-4)22-20(24)14-7-5-6-8-15(14)21(22)25/h5-12,18H,1-4H3. The minimum Gasteiger partial charge on any atom is -0.493 e. The third-order valence-corrected chi connectivity index (χ3v) is 4.67. The zero-order chi connectivity index (χ0) is 19.7. The second kappa shape index (κ2) is 7.23. The first-order chi connectivity index (χ1) is 12.9. The highest BCUT2D eigenvalue weighted by molar-refractivity contribution is 6.23. The number of benzene rings is 2. The van der Waals surface area contributed by atoms with E-state index in [1.807, 2.05) is 13.8 Å². The molecule has 0 radical (unpaired) electrons. The fraction of sp³-hybridized carbons (Fsp3) is 0.286. The van der Waals surface area contributed by atoms with Gasteiger partial charge in [0, 0.05) is 5.56 Å². The number of fused-ring (bicyclic) bond motifs is 1. The Morgan fingerprint density at radius 2 is 1.44 bits per heavy atom. The van der Waals surface area contributed by atoms with E-state index in [1.54, 1.807) is 42.5 Å². The summed E-state index contributed by atoms with van der Waals surface area (Å²) in [6.45, 7) is 3.62. The highest BCUT2D eigenvalue weighted by Gasteiger charge is 2.44. The minimum absolute atomic E-state index is 0.257. The number of hydrogen-bond donors (Lipinski definition) is 0. The molecule has 0 aromatic heterocycles. The number of amides is 2. The van der Waals surface area contributed by atoms with Crippen LogP contribution in [0.5, 0.6) is 11.5 Å². The van der Waals surface area contributed by atoms with Gasteiger partial charge in [0.05, 0.1) is 25.3 Å². The lowest BCUT2D eigenvalue weighted by Gasteiger charge is -2.28. The van der Waals surface area contributed by atoms with Gasteiger partial charge in [-0.15, -0.1) is 0 Å². The fourth-order valence-corrected chi connectivity index (χ4v) is 3.34. The maximum absolute atomic E-state index is 13.2. The number of methoxy groups -OCH3 is 2. The molecule has 6 heteroatoms. The van der Waals surface area contributed by atoms with Crippen molar-refractivity contribution >= 4 is 17.6 Å².